The minimum absolute atomic E-state index is 0.121. The van der Waals surface area contributed by atoms with Crippen LogP contribution in [0.4, 0.5) is 0 Å². The Bertz CT molecular complexity index is 505. The fourth-order valence-electron chi connectivity index (χ4n) is 2.25. The van der Waals surface area contributed by atoms with Gasteiger partial charge in [0.1, 0.15) is 6.23 Å². The molecule has 1 aliphatic rings. The summed E-state index contributed by atoms with van der Waals surface area (Å²) in [5.41, 5.74) is 2.26. The predicted molar refractivity (Wildman–Crippen MR) is 71.0 cm³/mol. The number of hydrogen-bond acceptors (Lipinski definition) is 2. The van der Waals surface area contributed by atoms with Crippen LogP contribution in [0.15, 0.2) is 22.8 Å². The van der Waals surface area contributed by atoms with Crippen LogP contribution < -0.4 is 0 Å². The average Bonchev–Trinajstić information content (AvgIpc) is 2.74. The van der Waals surface area contributed by atoms with E-state index in [1.807, 2.05) is 4.68 Å². The van der Waals surface area contributed by atoms with E-state index in [-0.39, 0.29) is 6.23 Å². The van der Waals surface area contributed by atoms with E-state index in [1.165, 1.54) is 18.4 Å². The molecule has 2 aromatic rings. The number of nitrogens with zero attached hydrogens (tertiary/aromatic N) is 2. The van der Waals surface area contributed by atoms with Crippen molar-refractivity contribution in [1.82, 2.24) is 9.78 Å². The minimum Gasteiger partial charge on any atom is -0.357 e. The quantitative estimate of drug-likeness (QED) is 0.800. The van der Waals surface area contributed by atoms with Crippen molar-refractivity contribution in [3.05, 3.63) is 28.4 Å². The monoisotopic (exact) mass is 294 g/mol. The third-order valence-electron chi connectivity index (χ3n) is 3.25. The highest BCUT2D eigenvalue weighted by atomic mass is 79.9. The maximum absolute atomic E-state index is 5.74. The van der Waals surface area contributed by atoms with Crippen LogP contribution in [-0.4, -0.2) is 16.4 Å². The third-order valence-corrected chi connectivity index (χ3v) is 4.11. The molecule has 1 fully saturated rings. The molecule has 2 heterocycles. The molecule has 17 heavy (non-hydrogen) atoms. The van der Waals surface area contributed by atoms with Gasteiger partial charge in [-0.15, -0.1) is 0 Å². The first-order valence-electron chi connectivity index (χ1n) is 6.00. The van der Waals surface area contributed by atoms with Crippen molar-refractivity contribution >= 4 is 26.8 Å². The fourth-order valence-corrected chi connectivity index (χ4v) is 2.61. The topological polar surface area (TPSA) is 27.1 Å². The summed E-state index contributed by atoms with van der Waals surface area (Å²) in [6.45, 7) is 2.93. The number of benzene rings is 1. The molecule has 0 aliphatic carbocycles. The summed E-state index contributed by atoms with van der Waals surface area (Å²) in [6, 6.07) is 4.23. The van der Waals surface area contributed by atoms with Crippen molar-refractivity contribution in [1.29, 1.82) is 0 Å². The molecule has 1 atom stereocenters. The largest absolute Gasteiger partial charge is 0.357 e. The van der Waals surface area contributed by atoms with E-state index in [0.29, 0.717) is 0 Å². The summed E-state index contributed by atoms with van der Waals surface area (Å²) in [4.78, 5) is 0. The molecule has 4 heteroatoms. The van der Waals surface area contributed by atoms with Crippen LogP contribution >= 0.6 is 15.9 Å². The Morgan fingerprint density at radius 3 is 3.06 bits per heavy atom. The van der Waals surface area contributed by atoms with Crippen molar-refractivity contribution < 1.29 is 4.74 Å². The molecule has 0 amide bonds. The summed E-state index contributed by atoms with van der Waals surface area (Å²) in [5.74, 6) is 0. The van der Waals surface area contributed by atoms with Gasteiger partial charge in [-0.05, 0) is 43.9 Å². The lowest BCUT2D eigenvalue weighted by Gasteiger charge is -2.22. The number of aryl methyl sites for hydroxylation is 1. The first-order chi connectivity index (χ1) is 8.24. The molecule has 0 radical (unpaired) electrons. The molecule has 90 valence electrons. The lowest BCUT2D eigenvalue weighted by atomic mass is 10.2. The van der Waals surface area contributed by atoms with Crippen LogP contribution in [0.2, 0.25) is 0 Å². The average molecular weight is 295 g/mol. The van der Waals surface area contributed by atoms with E-state index >= 15 is 0 Å². The van der Waals surface area contributed by atoms with E-state index < -0.39 is 0 Å². The zero-order chi connectivity index (χ0) is 11.8. The van der Waals surface area contributed by atoms with Gasteiger partial charge in [0.05, 0.1) is 5.52 Å². The van der Waals surface area contributed by atoms with Crippen LogP contribution in [0.3, 0.4) is 0 Å². The van der Waals surface area contributed by atoms with Crippen LogP contribution in [0.5, 0.6) is 0 Å². The van der Waals surface area contributed by atoms with E-state index in [0.717, 1.165) is 28.4 Å². The Hall–Kier alpha value is -0.870. The molecular weight excluding hydrogens is 280 g/mol. The highest BCUT2D eigenvalue weighted by Crippen LogP contribution is 2.27. The van der Waals surface area contributed by atoms with Gasteiger partial charge in [0.2, 0.25) is 0 Å². The first kappa shape index (κ1) is 11.2. The Kier molecular flexibility index (Phi) is 2.92. The normalized spacial score (nSPS) is 20.9. The number of rotatable bonds is 1. The van der Waals surface area contributed by atoms with Gasteiger partial charge in [0.25, 0.3) is 0 Å². The Balaban J connectivity index is 2.00. The maximum Gasteiger partial charge on any atom is 0.150 e. The second-order valence-electron chi connectivity index (χ2n) is 4.59. The van der Waals surface area contributed by atoms with E-state index in [4.69, 9.17) is 4.74 Å². The van der Waals surface area contributed by atoms with Crippen molar-refractivity contribution in [2.75, 3.05) is 6.61 Å². The first-order valence-corrected chi connectivity index (χ1v) is 6.80. The summed E-state index contributed by atoms with van der Waals surface area (Å²) in [7, 11) is 0. The molecule has 3 rings (SSSR count). The summed E-state index contributed by atoms with van der Waals surface area (Å²) < 4.78 is 8.84. The zero-order valence-electron chi connectivity index (χ0n) is 9.82. The zero-order valence-corrected chi connectivity index (χ0v) is 11.4. The van der Waals surface area contributed by atoms with Gasteiger partial charge in [-0.1, -0.05) is 15.9 Å². The second kappa shape index (κ2) is 4.42. The van der Waals surface area contributed by atoms with Gasteiger partial charge < -0.3 is 4.74 Å². The van der Waals surface area contributed by atoms with Crippen LogP contribution in [0, 0.1) is 6.92 Å². The predicted octanol–water partition coefficient (Wildman–Crippen LogP) is 3.81. The molecule has 1 aromatic carbocycles. The SMILES string of the molecule is Cc1cc2nn([C@H]3CCCCO3)cc2cc1Br. The van der Waals surface area contributed by atoms with Gasteiger partial charge >= 0.3 is 0 Å². The summed E-state index contributed by atoms with van der Waals surface area (Å²) >= 11 is 3.55. The molecule has 0 spiro atoms. The smallest absolute Gasteiger partial charge is 0.150 e. The Morgan fingerprint density at radius 2 is 2.29 bits per heavy atom. The highest BCUT2D eigenvalue weighted by molar-refractivity contribution is 9.10. The Morgan fingerprint density at radius 1 is 1.41 bits per heavy atom. The van der Waals surface area contributed by atoms with Crippen molar-refractivity contribution in [2.24, 2.45) is 0 Å². The molecule has 0 bridgehead atoms. The summed E-state index contributed by atoms with van der Waals surface area (Å²) in [6.07, 6.45) is 5.66. The van der Waals surface area contributed by atoms with Crippen LogP contribution in [-0.2, 0) is 4.74 Å². The van der Waals surface area contributed by atoms with Crippen molar-refractivity contribution in [3.8, 4) is 0 Å². The summed E-state index contributed by atoms with van der Waals surface area (Å²) in [5, 5.41) is 5.77. The number of halogens is 1. The van der Waals surface area contributed by atoms with Gasteiger partial charge in [-0.25, -0.2) is 4.68 Å². The molecule has 0 N–H and O–H groups in total. The van der Waals surface area contributed by atoms with E-state index in [1.54, 1.807) is 0 Å². The maximum atomic E-state index is 5.74. The van der Waals surface area contributed by atoms with Crippen molar-refractivity contribution in [3.63, 3.8) is 0 Å². The minimum atomic E-state index is 0.121. The molecule has 3 nitrogen and oxygen atoms in total. The molecule has 1 saturated heterocycles. The lowest BCUT2D eigenvalue weighted by Crippen LogP contribution is -2.18. The number of aromatic nitrogens is 2. The van der Waals surface area contributed by atoms with Crippen LogP contribution in [0.1, 0.15) is 31.1 Å². The van der Waals surface area contributed by atoms with Gasteiger partial charge in [-0.3, -0.25) is 0 Å². The van der Waals surface area contributed by atoms with Crippen molar-refractivity contribution in [2.45, 2.75) is 32.4 Å². The lowest BCUT2D eigenvalue weighted by molar-refractivity contribution is -0.0390. The molecule has 0 unspecified atom stereocenters. The fraction of sp³-hybridized carbons (Fsp3) is 0.462. The molecule has 1 aromatic heterocycles. The molecular formula is C13H15BrN2O. The number of ether oxygens (including phenoxy) is 1. The molecule has 0 saturated carbocycles. The highest BCUT2D eigenvalue weighted by Gasteiger charge is 2.17. The van der Waals surface area contributed by atoms with Gasteiger partial charge in [-0.2, -0.15) is 5.10 Å². The number of hydrogen-bond donors (Lipinski definition) is 0. The standard InChI is InChI=1S/C13H15BrN2O/c1-9-6-12-10(7-11(9)14)8-16(15-12)13-4-2-3-5-17-13/h6-8,13H,2-5H2,1H3/t13-/m1/s1. The third kappa shape index (κ3) is 2.11. The van der Waals surface area contributed by atoms with Gasteiger partial charge in [0, 0.05) is 22.7 Å². The van der Waals surface area contributed by atoms with E-state index in [9.17, 15) is 0 Å². The van der Waals surface area contributed by atoms with Gasteiger partial charge in [0.15, 0.2) is 0 Å². The van der Waals surface area contributed by atoms with Crippen LogP contribution in [0.25, 0.3) is 10.9 Å². The number of fused-ring (bicyclic) bond motifs is 1. The molecule has 1 aliphatic heterocycles. The Labute approximate surface area is 109 Å². The second-order valence-corrected chi connectivity index (χ2v) is 5.44. The van der Waals surface area contributed by atoms with E-state index in [2.05, 4.69) is 46.3 Å².